The quantitative estimate of drug-likeness (QED) is 0.818. The third-order valence-electron chi connectivity index (χ3n) is 4.53. The van der Waals surface area contributed by atoms with E-state index in [-0.39, 0.29) is 12.1 Å². The average molecular weight is 339 g/mol. The van der Waals surface area contributed by atoms with Crippen LogP contribution in [0.3, 0.4) is 0 Å². The summed E-state index contributed by atoms with van der Waals surface area (Å²) in [5.74, 6) is 0. The van der Waals surface area contributed by atoms with Gasteiger partial charge < -0.3 is 15.4 Å². The monoisotopic (exact) mass is 339 g/mol. The molecule has 25 heavy (non-hydrogen) atoms. The fourth-order valence-corrected chi connectivity index (χ4v) is 3.03. The molecule has 3 rings (SSSR count). The lowest BCUT2D eigenvalue weighted by Crippen LogP contribution is -2.31. The zero-order valence-corrected chi connectivity index (χ0v) is 14.6. The van der Waals surface area contributed by atoms with E-state index < -0.39 is 0 Å². The van der Waals surface area contributed by atoms with Crippen molar-refractivity contribution in [2.75, 3.05) is 5.32 Å². The van der Waals surface area contributed by atoms with Crippen LogP contribution in [0.4, 0.5) is 10.5 Å². The number of urea groups is 1. The summed E-state index contributed by atoms with van der Waals surface area (Å²) >= 11 is 0. The number of pyridine rings is 1. The number of hydrogen-bond donors (Lipinski definition) is 2. The largest absolute Gasteiger partial charge is 0.374 e. The van der Waals surface area contributed by atoms with Crippen LogP contribution in [0.25, 0.3) is 0 Å². The first kappa shape index (κ1) is 17.4. The molecule has 1 saturated carbocycles. The predicted molar refractivity (Wildman–Crippen MR) is 98.3 cm³/mol. The Morgan fingerprint density at radius 1 is 1.24 bits per heavy atom. The Hall–Kier alpha value is -2.40. The van der Waals surface area contributed by atoms with Gasteiger partial charge in [-0.15, -0.1) is 0 Å². The van der Waals surface area contributed by atoms with Crippen molar-refractivity contribution in [1.82, 2.24) is 10.3 Å². The molecule has 1 aliphatic rings. The number of hydrogen-bond acceptors (Lipinski definition) is 3. The van der Waals surface area contributed by atoms with Crippen molar-refractivity contribution < 1.29 is 9.53 Å². The van der Waals surface area contributed by atoms with Gasteiger partial charge in [-0.05, 0) is 49.1 Å². The highest BCUT2D eigenvalue weighted by molar-refractivity contribution is 5.89. The molecule has 5 heteroatoms. The second kappa shape index (κ2) is 8.62. The molecule has 1 aromatic carbocycles. The van der Waals surface area contributed by atoms with Gasteiger partial charge in [-0.3, -0.25) is 4.98 Å². The van der Waals surface area contributed by atoms with Crippen LogP contribution in [0.2, 0.25) is 0 Å². The van der Waals surface area contributed by atoms with Crippen LogP contribution in [0, 0.1) is 0 Å². The molecule has 0 spiro atoms. The van der Waals surface area contributed by atoms with Gasteiger partial charge in [0, 0.05) is 18.1 Å². The van der Waals surface area contributed by atoms with E-state index in [1.807, 2.05) is 43.3 Å². The van der Waals surface area contributed by atoms with Gasteiger partial charge in [0.15, 0.2) is 0 Å². The summed E-state index contributed by atoms with van der Waals surface area (Å²) in [7, 11) is 0. The van der Waals surface area contributed by atoms with Crippen molar-refractivity contribution >= 4 is 11.7 Å². The first-order chi connectivity index (χ1) is 12.2. The third kappa shape index (κ3) is 5.29. The van der Waals surface area contributed by atoms with Crippen LogP contribution in [0.15, 0.2) is 48.8 Å². The molecule has 0 radical (unpaired) electrons. The lowest BCUT2D eigenvalue weighted by atomic mass is 10.1. The van der Waals surface area contributed by atoms with Crippen molar-refractivity contribution in [1.29, 1.82) is 0 Å². The van der Waals surface area contributed by atoms with Gasteiger partial charge >= 0.3 is 6.03 Å². The van der Waals surface area contributed by atoms with Gasteiger partial charge in [-0.25, -0.2) is 4.79 Å². The fourth-order valence-electron chi connectivity index (χ4n) is 3.03. The maximum Gasteiger partial charge on any atom is 0.319 e. The molecule has 0 saturated heterocycles. The van der Waals surface area contributed by atoms with Gasteiger partial charge in [-0.2, -0.15) is 0 Å². The summed E-state index contributed by atoms with van der Waals surface area (Å²) in [6, 6.07) is 11.3. The number of nitrogens with one attached hydrogen (secondary N) is 2. The van der Waals surface area contributed by atoms with Crippen LogP contribution in [-0.4, -0.2) is 17.1 Å². The second-order valence-electron chi connectivity index (χ2n) is 6.52. The maximum atomic E-state index is 12.1. The molecule has 2 amide bonds. The van der Waals surface area contributed by atoms with E-state index in [1.54, 1.807) is 12.4 Å². The lowest BCUT2D eigenvalue weighted by Gasteiger charge is -2.15. The fraction of sp³-hybridized carbons (Fsp3) is 0.400. The normalized spacial score (nSPS) is 15.7. The zero-order chi connectivity index (χ0) is 17.5. The molecule has 0 aliphatic heterocycles. The molecule has 1 atom stereocenters. The molecule has 1 fully saturated rings. The van der Waals surface area contributed by atoms with Crippen molar-refractivity contribution in [3.05, 3.63) is 59.9 Å². The van der Waals surface area contributed by atoms with Crippen LogP contribution in [0.5, 0.6) is 0 Å². The number of anilines is 1. The van der Waals surface area contributed by atoms with Crippen molar-refractivity contribution in [2.45, 2.75) is 51.4 Å². The topological polar surface area (TPSA) is 63.2 Å². The number of rotatable bonds is 6. The van der Waals surface area contributed by atoms with E-state index >= 15 is 0 Å². The van der Waals surface area contributed by atoms with Crippen LogP contribution in [0.1, 0.15) is 49.8 Å². The summed E-state index contributed by atoms with van der Waals surface area (Å²) < 4.78 is 5.91. The highest BCUT2D eigenvalue weighted by Gasteiger charge is 2.15. The second-order valence-corrected chi connectivity index (χ2v) is 6.52. The molecule has 1 aliphatic carbocycles. The van der Waals surface area contributed by atoms with Gasteiger partial charge in [0.1, 0.15) is 0 Å². The third-order valence-corrected chi connectivity index (χ3v) is 4.53. The minimum Gasteiger partial charge on any atom is -0.374 e. The maximum absolute atomic E-state index is 12.1. The number of carbonyl (C=O) groups is 1. The molecule has 2 N–H and O–H groups in total. The molecule has 132 valence electrons. The van der Waals surface area contributed by atoms with Crippen LogP contribution < -0.4 is 10.6 Å². The van der Waals surface area contributed by atoms with Gasteiger partial charge in [-0.1, -0.05) is 31.0 Å². The molecule has 2 aromatic rings. The van der Waals surface area contributed by atoms with Crippen molar-refractivity contribution in [2.24, 2.45) is 0 Å². The summed E-state index contributed by atoms with van der Waals surface area (Å²) in [6.45, 7) is 2.56. The van der Waals surface area contributed by atoms with Crippen molar-refractivity contribution in [3.8, 4) is 0 Å². The molecular weight excluding hydrogens is 314 g/mol. The Morgan fingerprint density at radius 3 is 2.68 bits per heavy atom. The first-order valence-corrected chi connectivity index (χ1v) is 8.89. The number of ether oxygens (including phenoxy) is 1. The highest BCUT2D eigenvalue weighted by Crippen LogP contribution is 2.22. The van der Waals surface area contributed by atoms with Gasteiger partial charge in [0.05, 0.1) is 18.8 Å². The molecule has 1 aromatic heterocycles. The minimum absolute atomic E-state index is 0.104. The highest BCUT2D eigenvalue weighted by atomic mass is 16.5. The van der Waals surface area contributed by atoms with Crippen LogP contribution in [-0.2, 0) is 11.3 Å². The summed E-state index contributed by atoms with van der Waals surface area (Å²) in [4.78, 5) is 16.2. The Morgan fingerprint density at radius 2 is 2.00 bits per heavy atom. The van der Waals surface area contributed by atoms with E-state index in [4.69, 9.17) is 4.74 Å². The lowest BCUT2D eigenvalue weighted by molar-refractivity contribution is 0.0457. The molecular formula is C20H25N3O2. The smallest absolute Gasteiger partial charge is 0.319 e. The van der Waals surface area contributed by atoms with Gasteiger partial charge in [0.2, 0.25) is 0 Å². The minimum atomic E-state index is -0.230. The Bertz CT molecular complexity index is 667. The number of aromatic nitrogens is 1. The molecule has 1 heterocycles. The van der Waals surface area contributed by atoms with Crippen LogP contribution >= 0.6 is 0 Å². The molecule has 5 nitrogen and oxygen atoms in total. The molecule has 0 bridgehead atoms. The number of benzene rings is 1. The number of amides is 2. The zero-order valence-electron chi connectivity index (χ0n) is 14.6. The first-order valence-electron chi connectivity index (χ1n) is 8.89. The van der Waals surface area contributed by atoms with E-state index in [2.05, 4.69) is 15.6 Å². The average Bonchev–Trinajstić information content (AvgIpc) is 3.15. The Labute approximate surface area is 148 Å². The molecule has 1 unspecified atom stereocenters. The standard InChI is InChI=1S/C20H25N3O2/c1-15(17-5-4-12-21-13-17)22-20(24)23-18-10-8-16(9-11-18)14-25-19-6-2-3-7-19/h4-5,8-13,15,19H,2-3,6-7,14H2,1H3,(H2,22,23,24). The summed E-state index contributed by atoms with van der Waals surface area (Å²) in [5, 5.41) is 5.76. The Kier molecular flexibility index (Phi) is 6.01. The number of nitrogens with zero attached hydrogens (tertiary/aromatic N) is 1. The summed E-state index contributed by atoms with van der Waals surface area (Å²) in [5.41, 5.74) is 2.86. The SMILES string of the molecule is CC(NC(=O)Nc1ccc(COC2CCCC2)cc1)c1cccnc1. The predicted octanol–water partition coefficient (Wildman–Crippen LogP) is 4.42. The van der Waals surface area contributed by atoms with E-state index in [1.165, 1.54) is 25.7 Å². The van der Waals surface area contributed by atoms with E-state index in [0.717, 1.165) is 16.8 Å². The summed E-state index contributed by atoms with van der Waals surface area (Å²) in [6.07, 6.45) is 8.79. The van der Waals surface area contributed by atoms with E-state index in [9.17, 15) is 4.79 Å². The van der Waals surface area contributed by atoms with E-state index in [0.29, 0.717) is 12.7 Å². The number of carbonyl (C=O) groups excluding carboxylic acids is 1. The van der Waals surface area contributed by atoms with Crippen molar-refractivity contribution in [3.63, 3.8) is 0 Å². The van der Waals surface area contributed by atoms with Gasteiger partial charge in [0.25, 0.3) is 0 Å². The Balaban J connectivity index is 1.46.